The van der Waals surface area contributed by atoms with Gasteiger partial charge < -0.3 is 5.32 Å². The molecule has 1 amide bonds. The first-order valence-corrected chi connectivity index (χ1v) is 9.12. The molecule has 0 aliphatic rings. The Bertz CT molecular complexity index is 1280. The van der Waals surface area contributed by atoms with Crippen molar-refractivity contribution < 1.29 is 9.72 Å². The van der Waals surface area contributed by atoms with Crippen molar-refractivity contribution in [1.29, 1.82) is 0 Å². The van der Waals surface area contributed by atoms with Crippen molar-refractivity contribution in [3.63, 3.8) is 0 Å². The van der Waals surface area contributed by atoms with Crippen molar-refractivity contribution in [3.05, 3.63) is 82.6 Å². The second-order valence-electron chi connectivity index (χ2n) is 6.45. The molecule has 0 aliphatic carbocycles. The molecule has 0 saturated heterocycles. The van der Waals surface area contributed by atoms with Gasteiger partial charge in [0.15, 0.2) is 0 Å². The van der Waals surface area contributed by atoms with Gasteiger partial charge in [-0.25, -0.2) is 9.97 Å². The summed E-state index contributed by atoms with van der Waals surface area (Å²) in [5.74, 6) is -0.748. The van der Waals surface area contributed by atoms with Crippen LogP contribution in [0.3, 0.4) is 0 Å². The number of hydrogen-bond donors (Lipinski definition) is 3. The summed E-state index contributed by atoms with van der Waals surface area (Å²) in [6.45, 7) is 1.86. The van der Waals surface area contributed by atoms with E-state index in [0.717, 1.165) is 17.4 Å². The highest BCUT2D eigenvalue weighted by Gasteiger charge is 2.24. The topological polar surface area (TPSA) is 148 Å². The van der Waals surface area contributed by atoms with Gasteiger partial charge in [0.1, 0.15) is 6.33 Å². The number of anilines is 3. The lowest BCUT2D eigenvalue weighted by Crippen LogP contribution is -2.30. The van der Waals surface area contributed by atoms with Gasteiger partial charge in [0.2, 0.25) is 11.6 Å². The molecule has 0 radical (unpaired) electrons. The number of hydrazine groups is 1. The predicted octanol–water partition coefficient (Wildman–Crippen LogP) is 3.14. The number of benzene rings is 1. The molecule has 4 rings (SSSR count). The van der Waals surface area contributed by atoms with Crippen LogP contribution in [-0.4, -0.2) is 30.8 Å². The Morgan fingerprint density at radius 1 is 1.06 bits per heavy atom. The van der Waals surface area contributed by atoms with Crippen LogP contribution in [0.25, 0.3) is 10.9 Å². The van der Waals surface area contributed by atoms with E-state index in [9.17, 15) is 14.9 Å². The summed E-state index contributed by atoms with van der Waals surface area (Å²) in [4.78, 5) is 39.6. The Morgan fingerprint density at radius 2 is 1.90 bits per heavy atom. The van der Waals surface area contributed by atoms with Crippen molar-refractivity contribution >= 4 is 39.8 Å². The maximum atomic E-state index is 12.2. The highest BCUT2D eigenvalue weighted by Crippen LogP contribution is 2.32. The molecule has 11 nitrogen and oxygen atoms in total. The van der Waals surface area contributed by atoms with E-state index in [0.29, 0.717) is 11.2 Å². The molecule has 0 spiro atoms. The van der Waals surface area contributed by atoms with Gasteiger partial charge in [-0.15, -0.1) is 0 Å². The molecule has 0 fully saturated rings. The number of hydrogen-bond acceptors (Lipinski definition) is 9. The first kappa shape index (κ1) is 19.6. The highest BCUT2D eigenvalue weighted by atomic mass is 16.6. The van der Waals surface area contributed by atoms with E-state index in [2.05, 4.69) is 36.1 Å². The number of para-hydroxylation sites is 1. The predicted molar refractivity (Wildman–Crippen MR) is 114 cm³/mol. The fourth-order valence-corrected chi connectivity index (χ4v) is 2.89. The number of amides is 1. The lowest BCUT2D eigenvalue weighted by Gasteiger charge is -2.12. The molecule has 0 aliphatic heterocycles. The van der Waals surface area contributed by atoms with Crippen LogP contribution in [0, 0.1) is 17.0 Å². The van der Waals surface area contributed by atoms with Gasteiger partial charge in [0.25, 0.3) is 5.91 Å². The summed E-state index contributed by atoms with van der Waals surface area (Å²) in [5.41, 5.74) is 6.71. The number of rotatable bonds is 6. The molecule has 1 aromatic carbocycles. The Morgan fingerprint density at radius 3 is 2.68 bits per heavy atom. The first-order chi connectivity index (χ1) is 15.0. The van der Waals surface area contributed by atoms with Crippen LogP contribution in [0.15, 0.2) is 61.2 Å². The number of aromatic nitrogens is 4. The van der Waals surface area contributed by atoms with Crippen molar-refractivity contribution in [3.8, 4) is 0 Å². The zero-order valence-electron chi connectivity index (χ0n) is 16.2. The van der Waals surface area contributed by atoms with E-state index in [1.807, 2.05) is 31.2 Å². The number of pyridine rings is 2. The van der Waals surface area contributed by atoms with Crippen molar-refractivity contribution in [2.24, 2.45) is 0 Å². The molecule has 0 unspecified atom stereocenters. The van der Waals surface area contributed by atoms with Gasteiger partial charge in [-0.05, 0) is 31.2 Å². The van der Waals surface area contributed by atoms with Crippen molar-refractivity contribution in [2.45, 2.75) is 6.92 Å². The fraction of sp³-hybridized carbons (Fsp3) is 0.0500. The Kier molecular flexibility index (Phi) is 5.30. The Balaban J connectivity index is 1.65. The van der Waals surface area contributed by atoms with Crippen LogP contribution in [0.5, 0.6) is 0 Å². The molecule has 3 aromatic heterocycles. The average Bonchev–Trinajstić information content (AvgIpc) is 2.78. The molecule has 0 saturated carbocycles. The van der Waals surface area contributed by atoms with Crippen LogP contribution in [0.2, 0.25) is 0 Å². The van der Waals surface area contributed by atoms with Gasteiger partial charge in [-0.1, -0.05) is 18.2 Å². The summed E-state index contributed by atoms with van der Waals surface area (Å²) < 4.78 is 0. The molecular weight excluding hydrogens is 400 g/mol. The third-order valence-corrected chi connectivity index (χ3v) is 4.34. The minimum atomic E-state index is -0.634. The van der Waals surface area contributed by atoms with Gasteiger partial charge in [-0.2, -0.15) is 0 Å². The maximum absolute atomic E-state index is 12.2. The van der Waals surface area contributed by atoms with E-state index < -0.39 is 16.5 Å². The second-order valence-corrected chi connectivity index (χ2v) is 6.45. The molecule has 154 valence electrons. The highest BCUT2D eigenvalue weighted by molar-refractivity contribution is 5.95. The molecular formula is C20H16N8O3. The number of nitrogens with zero attached hydrogens (tertiary/aromatic N) is 5. The van der Waals surface area contributed by atoms with Crippen LogP contribution in [0.4, 0.5) is 23.0 Å². The monoisotopic (exact) mass is 416 g/mol. The Hall–Kier alpha value is -4.67. The molecule has 3 N–H and O–H groups in total. The zero-order valence-corrected chi connectivity index (χ0v) is 16.2. The second kappa shape index (κ2) is 8.37. The summed E-state index contributed by atoms with van der Waals surface area (Å²) in [6.07, 6.45) is 4.05. The van der Waals surface area contributed by atoms with Gasteiger partial charge in [-0.3, -0.25) is 35.7 Å². The van der Waals surface area contributed by atoms with E-state index in [-0.39, 0.29) is 17.2 Å². The molecule has 4 aromatic rings. The van der Waals surface area contributed by atoms with Crippen molar-refractivity contribution in [2.75, 3.05) is 10.7 Å². The van der Waals surface area contributed by atoms with Crippen LogP contribution in [-0.2, 0) is 0 Å². The number of aryl methyl sites for hydroxylation is 1. The van der Waals surface area contributed by atoms with Crippen LogP contribution in [0.1, 0.15) is 16.1 Å². The molecule has 31 heavy (non-hydrogen) atoms. The van der Waals surface area contributed by atoms with Crippen LogP contribution < -0.4 is 16.2 Å². The number of carbonyl (C=O) groups is 1. The molecule has 0 atom stereocenters. The van der Waals surface area contributed by atoms with Gasteiger partial charge in [0.05, 0.1) is 21.7 Å². The third kappa shape index (κ3) is 4.19. The lowest BCUT2D eigenvalue weighted by molar-refractivity contribution is -0.383. The normalized spacial score (nSPS) is 10.5. The quantitative estimate of drug-likeness (QED) is 0.318. The largest absolute Gasteiger partial charge is 0.355 e. The first-order valence-electron chi connectivity index (χ1n) is 9.12. The van der Waals surface area contributed by atoms with Crippen LogP contribution >= 0.6 is 0 Å². The average molecular weight is 416 g/mol. The smallest absolute Gasteiger partial charge is 0.332 e. The minimum Gasteiger partial charge on any atom is -0.332 e. The number of carbonyl (C=O) groups excluding carboxylic acids is 1. The summed E-state index contributed by atoms with van der Waals surface area (Å²) >= 11 is 0. The summed E-state index contributed by atoms with van der Waals surface area (Å²) in [5, 5.41) is 15.6. The van der Waals surface area contributed by atoms with E-state index in [1.165, 1.54) is 12.4 Å². The zero-order chi connectivity index (χ0) is 21.8. The lowest BCUT2D eigenvalue weighted by atomic mass is 10.1. The van der Waals surface area contributed by atoms with E-state index in [4.69, 9.17) is 0 Å². The number of nitrogens with one attached hydrogen (secondary N) is 3. The summed E-state index contributed by atoms with van der Waals surface area (Å²) in [7, 11) is 0. The SMILES string of the molecule is Cc1ccc2cccc(Nc3ncnc(NNC(=O)c4cccnc4)c3[N+](=O)[O-])c2n1. The summed E-state index contributed by atoms with van der Waals surface area (Å²) in [6, 6.07) is 12.4. The van der Waals surface area contributed by atoms with Crippen molar-refractivity contribution in [1.82, 2.24) is 25.4 Å². The minimum absolute atomic E-state index is 0.0473. The Labute approximate surface area is 175 Å². The molecule has 11 heteroatoms. The standard InChI is InChI=1S/C20H16N8O3/c1-12-7-8-13-4-2-6-15(16(13)24-12)25-18-17(28(30)31)19(23-11-22-18)26-27-20(29)14-5-3-9-21-10-14/h2-11H,1H3,(H,27,29)(H2,22,23,25,26). The molecule has 0 bridgehead atoms. The number of nitro groups is 1. The molecule has 3 heterocycles. The van der Waals surface area contributed by atoms with Gasteiger partial charge >= 0.3 is 5.69 Å². The number of fused-ring (bicyclic) bond motifs is 1. The van der Waals surface area contributed by atoms with Gasteiger partial charge in [0, 0.05) is 23.5 Å². The maximum Gasteiger partial charge on any atom is 0.355 e. The van der Waals surface area contributed by atoms with E-state index in [1.54, 1.807) is 18.2 Å². The fourth-order valence-electron chi connectivity index (χ4n) is 2.89. The van der Waals surface area contributed by atoms with E-state index >= 15 is 0 Å². The third-order valence-electron chi connectivity index (χ3n) is 4.34.